The van der Waals surface area contributed by atoms with Crippen LogP contribution in [0.4, 0.5) is 5.69 Å². The summed E-state index contributed by atoms with van der Waals surface area (Å²) in [6.07, 6.45) is 7.36. The van der Waals surface area contributed by atoms with Crippen molar-refractivity contribution in [2.75, 3.05) is 24.2 Å². The summed E-state index contributed by atoms with van der Waals surface area (Å²) in [5.41, 5.74) is 6.49. The maximum atomic E-state index is 11.9. The minimum atomic E-state index is -3.14. The third-order valence-electron chi connectivity index (χ3n) is 6.67. The molecule has 1 fully saturated rings. The van der Waals surface area contributed by atoms with Gasteiger partial charge in [0.25, 0.3) is 0 Å². The van der Waals surface area contributed by atoms with Crippen molar-refractivity contribution < 1.29 is 8.42 Å². The molecule has 2 aliphatic heterocycles. The van der Waals surface area contributed by atoms with E-state index in [9.17, 15) is 8.42 Å². The van der Waals surface area contributed by atoms with Crippen molar-refractivity contribution in [1.82, 2.24) is 24.2 Å². The molecule has 0 amide bonds. The zero-order valence-electron chi connectivity index (χ0n) is 18.2. The van der Waals surface area contributed by atoms with Gasteiger partial charge in [0.05, 0.1) is 23.3 Å². The summed E-state index contributed by atoms with van der Waals surface area (Å²) < 4.78 is 25.4. The summed E-state index contributed by atoms with van der Waals surface area (Å²) >= 11 is 0. The highest BCUT2D eigenvalue weighted by Crippen LogP contribution is 2.37. The number of pyridine rings is 1. The van der Waals surface area contributed by atoms with Crippen LogP contribution < -0.4 is 4.90 Å². The van der Waals surface area contributed by atoms with Gasteiger partial charge in [0, 0.05) is 60.9 Å². The van der Waals surface area contributed by atoms with E-state index in [0.717, 1.165) is 53.9 Å². The van der Waals surface area contributed by atoms with Gasteiger partial charge < -0.3 is 9.88 Å². The molecule has 9 heteroatoms. The average Bonchev–Trinajstić information content (AvgIpc) is 3.20. The van der Waals surface area contributed by atoms with E-state index < -0.39 is 10.0 Å². The molecule has 1 N–H and O–H groups in total. The summed E-state index contributed by atoms with van der Waals surface area (Å²) in [6.45, 7) is 6.12. The molecule has 3 aromatic heterocycles. The molecule has 0 aliphatic carbocycles. The lowest BCUT2D eigenvalue weighted by molar-refractivity contribution is 0.317. The average molecular weight is 441 g/mol. The molecule has 31 heavy (non-hydrogen) atoms. The predicted octanol–water partition coefficient (Wildman–Crippen LogP) is 2.75. The van der Waals surface area contributed by atoms with Gasteiger partial charge in [-0.25, -0.2) is 27.7 Å². The third kappa shape index (κ3) is 3.70. The number of hydrogen-bond acceptors (Lipinski definition) is 6. The second-order valence-corrected chi connectivity index (χ2v) is 10.8. The summed E-state index contributed by atoms with van der Waals surface area (Å²) in [7, 11) is -3.14. The SMILES string of the molecule is Cc1cc(N2Cc3c(ncnc3C3CCN(S(C)(=O)=O)CC3)CC2C)c2cc[nH]c2n1. The molecule has 1 saturated heterocycles. The van der Waals surface area contributed by atoms with Crippen molar-refractivity contribution in [2.45, 2.75) is 51.6 Å². The highest BCUT2D eigenvalue weighted by Gasteiger charge is 2.32. The topological polar surface area (TPSA) is 95.1 Å². The normalized spacial score (nSPS) is 20.9. The number of hydrogen-bond donors (Lipinski definition) is 1. The van der Waals surface area contributed by atoms with Crippen molar-refractivity contribution in [3.8, 4) is 0 Å². The monoisotopic (exact) mass is 440 g/mol. The van der Waals surface area contributed by atoms with Crippen LogP contribution in [0.2, 0.25) is 0 Å². The number of aromatic nitrogens is 4. The second kappa shape index (κ2) is 7.56. The fourth-order valence-electron chi connectivity index (χ4n) is 5.05. The van der Waals surface area contributed by atoms with Gasteiger partial charge in [-0.05, 0) is 38.8 Å². The van der Waals surface area contributed by atoms with E-state index in [-0.39, 0.29) is 5.92 Å². The Hall–Kier alpha value is -2.52. The van der Waals surface area contributed by atoms with Crippen LogP contribution in [0, 0.1) is 6.92 Å². The van der Waals surface area contributed by atoms with Crippen LogP contribution in [-0.2, 0) is 23.0 Å². The molecule has 3 aromatic rings. The van der Waals surface area contributed by atoms with Crippen LogP contribution >= 0.6 is 0 Å². The standard InChI is InChI=1S/C22H28N6O2S/c1-14-10-20(17-4-7-23-22(17)26-14)28-12-18-19(11-15(28)2)24-13-25-21(18)16-5-8-27(9-6-16)31(3,29)30/h4,7,10,13,15-16H,5-6,8-9,11-12H2,1-3H3,(H,23,26). The second-order valence-electron chi connectivity index (χ2n) is 8.82. The van der Waals surface area contributed by atoms with Gasteiger partial charge in [-0.1, -0.05) is 0 Å². The van der Waals surface area contributed by atoms with E-state index in [1.165, 1.54) is 17.5 Å². The Morgan fingerprint density at radius 2 is 1.97 bits per heavy atom. The Bertz CT molecular complexity index is 1230. The summed E-state index contributed by atoms with van der Waals surface area (Å²) in [4.78, 5) is 19.6. The molecule has 164 valence electrons. The van der Waals surface area contributed by atoms with E-state index >= 15 is 0 Å². The molecular weight excluding hydrogens is 412 g/mol. The molecular formula is C22H28N6O2S. The van der Waals surface area contributed by atoms with Crippen LogP contribution in [0.5, 0.6) is 0 Å². The molecule has 2 aliphatic rings. The van der Waals surface area contributed by atoms with Crippen LogP contribution in [0.15, 0.2) is 24.7 Å². The number of sulfonamides is 1. The number of H-pyrrole nitrogens is 1. The Labute approximate surface area is 182 Å². The summed E-state index contributed by atoms with van der Waals surface area (Å²) in [5.74, 6) is 0.261. The van der Waals surface area contributed by atoms with Crippen LogP contribution in [0.25, 0.3) is 11.0 Å². The number of aromatic amines is 1. The van der Waals surface area contributed by atoms with Gasteiger partial charge in [0.15, 0.2) is 0 Å². The van der Waals surface area contributed by atoms with Crippen LogP contribution in [0.1, 0.15) is 48.3 Å². The Morgan fingerprint density at radius 3 is 2.71 bits per heavy atom. The van der Waals surface area contributed by atoms with Gasteiger partial charge in [-0.3, -0.25) is 0 Å². The van der Waals surface area contributed by atoms with Crippen LogP contribution in [0.3, 0.4) is 0 Å². The van der Waals surface area contributed by atoms with E-state index in [4.69, 9.17) is 4.98 Å². The van der Waals surface area contributed by atoms with E-state index in [1.54, 1.807) is 10.6 Å². The lowest BCUT2D eigenvalue weighted by Gasteiger charge is -2.38. The molecule has 8 nitrogen and oxygen atoms in total. The Balaban J connectivity index is 1.48. The van der Waals surface area contributed by atoms with Crippen molar-refractivity contribution in [3.05, 3.63) is 47.3 Å². The van der Waals surface area contributed by atoms with Crippen molar-refractivity contribution in [3.63, 3.8) is 0 Å². The van der Waals surface area contributed by atoms with Gasteiger partial charge in [0.2, 0.25) is 10.0 Å². The fourth-order valence-corrected chi connectivity index (χ4v) is 5.92. The minimum absolute atomic E-state index is 0.261. The van der Waals surface area contributed by atoms with Crippen LogP contribution in [-0.4, -0.2) is 58.0 Å². The zero-order chi connectivity index (χ0) is 21.8. The van der Waals surface area contributed by atoms with E-state index in [2.05, 4.69) is 38.9 Å². The molecule has 0 radical (unpaired) electrons. The maximum absolute atomic E-state index is 11.9. The molecule has 0 spiro atoms. The highest BCUT2D eigenvalue weighted by atomic mass is 32.2. The smallest absolute Gasteiger partial charge is 0.211 e. The largest absolute Gasteiger partial charge is 0.363 e. The first-order valence-electron chi connectivity index (χ1n) is 10.8. The highest BCUT2D eigenvalue weighted by molar-refractivity contribution is 7.88. The molecule has 5 heterocycles. The molecule has 1 unspecified atom stereocenters. The van der Waals surface area contributed by atoms with Crippen molar-refractivity contribution >= 4 is 26.7 Å². The van der Waals surface area contributed by atoms with Gasteiger partial charge in [0.1, 0.15) is 12.0 Å². The first kappa shape index (κ1) is 20.4. The number of piperidine rings is 1. The molecule has 0 aromatic carbocycles. The number of anilines is 1. The molecule has 0 saturated carbocycles. The molecule has 5 rings (SSSR count). The Morgan fingerprint density at radius 1 is 1.19 bits per heavy atom. The number of rotatable bonds is 3. The minimum Gasteiger partial charge on any atom is -0.363 e. The molecule has 0 bridgehead atoms. The zero-order valence-corrected chi connectivity index (χ0v) is 19.0. The summed E-state index contributed by atoms with van der Waals surface area (Å²) in [6, 6.07) is 4.55. The van der Waals surface area contributed by atoms with Gasteiger partial charge in [-0.15, -0.1) is 0 Å². The number of aryl methyl sites for hydroxylation is 1. The predicted molar refractivity (Wildman–Crippen MR) is 121 cm³/mol. The Kier molecular flexibility index (Phi) is 4.97. The van der Waals surface area contributed by atoms with Crippen molar-refractivity contribution in [1.29, 1.82) is 0 Å². The lowest BCUT2D eigenvalue weighted by Crippen LogP contribution is -2.41. The summed E-state index contributed by atoms with van der Waals surface area (Å²) in [5, 5.41) is 1.13. The van der Waals surface area contributed by atoms with E-state index in [1.807, 2.05) is 13.1 Å². The van der Waals surface area contributed by atoms with Gasteiger partial charge in [-0.2, -0.15) is 0 Å². The number of nitrogens with one attached hydrogen (secondary N) is 1. The first-order chi connectivity index (χ1) is 14.8. The maximum Gasteiger partial charge on any atom is 0.211 e. The van der Waals surface area contributed by atoms with Crippen molar-refractivity contribution in [2.24, 2.45) is 0 Å². The number of fused-ring (bicyclic) bond motifs is 2. The molecule has 1 atom stereocenters. The lowest BCUT2D eigenvalue weighted by atomic mass is 9.87. The van der Waals surface area contributed by atoms with E-state index in [0.29, 0.717) is 19.1 Å². The third-order valence-corrected chi connectivity index (χ3v) is 7.97. The first-order valence-corrected chi connectivity index (χ1v) is 12.6. The fraction of sp³-hybridized carbons (Fsp3) is 0.500. The number of nitrogens with zero attached hydrogens (tertiary/aromatic N) is 5. The quantitative estimate of drug-likeness (QED) is 0.673. The van der Waals surface area contributed by atoms with Gasteiger partial charge >= 0.3 is 0 Å².